The number of rotatable bonds is 0. The second kappa shape index (κ2) is 10.3. The molecule has 6 nitrogen and oxygen atoms in total. The molecule has 0 fully saturated rings. The van der Waals surface area contributed by atoms with Crippen molar-refractivity contribution in [2.24, 2.45) is 22.9 Å². The number of nitrogens with one attached hydrogen (secondary N) is 2. The van der Waals surface area contributed by atoms with Gasteiger partial charge in [0.25, 0.3) is 0 Å². The van der Waals surface area contributed by atoms with Crippen LogP contribution in [-0.2, 0) is 21.1 Å². The van der Waals surface area contributed by atoms with E-state index < -0.39 is 0 Å². The molecule has 0 heterocycles. The Labute approximate surface area is 67.2 Å². The van der Waals surface area contributed by atoms with Gasteiger partial charge < -0.3 is 22.9 Å². The van der Waals surface area contributed by atoms with E-state index in [1.54, 1.807) is 0 Å². The third-order valence-electron chi connectivity index (χ3n) is 0. The van der Waals surface area contributed by atoms with E-state index in [9.17, 15) is 0 Å². The molecule has 0 rings (SSSR count). The molecule has 10 N–H and O–H groups in total. The van der Waals surface area contributed by atoms with Gasteiger partial charge in [-0.15, -0.1) is 0 Å². The summed E-state index contributed by atoms with van der Waals surface area (Å²) in [6.45, 7) is 0. The Bertz CT molecular complexity index is 69.1. The Morgan fingerprint density at radius 1 is 0.778 bits per heavy atom. The van der Waals surface area contributed by atoms with Crippen LogP contribution in [0.4, 0.5) is 0 Å². The normalized spacial score (nSPS) is 5.33. The molecule has 7 heteroatoms. The molecule has 58 valence electrons. The molecule has 0 aromatic rings. The van der Waals surface area contributed by atoms with Gasteiger partial charge in [0.1, 0.15) is 0 Å². The first-order chi connectivity index (χ1) is 3.46. The molecule has 0 radical (unpaired) electrons. The predicted octanol–water partition coefficient (Wildman–Crippen LogP) is -2.33. The maximum Gasteiger partial charge on any atom is 0.183 e. The molecule has 0 unspecified atom stereocenters. The molecule has 0 saturated carbocycles. The van der Waals surface area contributed by atoms with E-state index in [-0.39, 0.29) is 33.0 Å². The van der Waals surface area contributed by atoms with Crippen molar-refractivity contribution in [1.29, 1.82) is 10.8 Å². The number of hydrogen-bond donors (Lipinski definition) is 6. The molecule has 9 heavy (non-hydrogen) atoms. The molecule has 0 aliphatic rings. The molecule has 0 saturated heterocycles. The van der Waals surface area contributed by atoms with E-state index in [1.165, 1.54) is 0 Å². The van der Waals surface area contributed by atoms with Gasteiger partial charge in [0.15, 0.2) is 11.9 Å². The van der Waals surface area contributed by atoms with Crippen molar-refractivity contribution in [2.75, 3.05) is 0 Å². The third-order valence-corrected chi connectivity index (χ3v) is 0. The standard InChI is InChI=1S/2CH5N3.Pt/c2*2-1(3)4;/h2*(H5,2,3,4);. The van der Waals surface area contributed by atoms with Crippen LogP contribution in [0.1, 0.15) is 0 Å². The predicted molar refractivity (Wildman–Crippen MR) is 32.2 cm³/mol. The summed E-state index contributed by atoms with van der Waals surface area (Å²) >= 11 is 0. The third kappa shape index (κ3) is 332. The minimum absolute atomic E-state index is 0. The van der Waals surface area contributed by atoms with E-state index in [2.05, 4.69) is 22.9 Å². The summed E-state index contributed by atoms with van der Waals surface area (Å²) in [6.07, 6.45) is 0. The van der Waals surface area contributed by atoms with Crippen molar-refractivity contribution in [3.63, 3.8) is 0 Å². The van der Waals surface area contributed by atoms with Crippen LogP contribution in [0.25, 0.3) is 0 Å². The summed E-state index contributed by atoms with van der Waals surface area (Å²) in [7, 11) is 0. The van der Waals surface area contributed by atoms with E-state index in [1.807, 2.05) is 0 Å². The van der Waals surface area contributed by atoms with Gasteiger partial charge in [-0.1, -0.05) is 0 Å². The topological polar surface area (TPSA) is 152 Å². The fraction of sp³-hybridized carbons (Fsp3) is 0. The Hall–Kier alpha value is -0.772. The second-order valence-corrected chi connectivity index (χ2v) is 0.911. The van der Waals surface area contributed by atoms with Crippen LogP contribution < -0.4 is 22.9 Å². The van der Waals surface area contributed by atoms with Crippen LogP contribution in [0, 0.1) is 10.8 Å². The van der Waals surface area contributed by atoms with Gasteiger partial charge in [0.05, 0.1) is 0 Å². The van der Waals surface area contributed by atoms with Crippen LogP contribution in [0.2, 0.25) is 0 Å². The molecule has 0 aliphatic carbocycles. The molecule has 0 aliphatic heterocycles. The van der Waals surface area contributed by atoms with E-state index >= 15 is 0 Å². The van der Waals surface area contributed by atoms with Gasteiger partial charge in [-0.05, 0) is 0 Å². The molecule has 0 atom stereocenters. The second-order valence-electron chi connectivity index (χ2n) is 0.911. The molecule has 0 spiro atoms. The minimum Gasteiger partial charge on any atom is -0.370 e. The summed E-state index contributed by atoms with van der Waals surface area (Å²) in [5, 5.41) is 12.1. The summed E-state index contributed by atoms with van der Waals surface area (Å²) in [5.41, 5.74) is 17.9. The first-order valence-electron chi connectivity index (χ1n) is 1.65. The summed E-state index contributed by atoms with van der Waals surface area (Å²) < 4.78 is 0. The monoisotopic (exact) mass is 313 g/mol. The Morgan fingerprint density at radius 2 is 0.778 bits per heavy atom. The zero-order chi connectivity index (χ0) is 7.15. The van der Waals surface area contributed by atoms with Gasteiger partial charge in [-0.25, -0.2) is 0 Å². The van der Waals surface area contributed by atoms with Crippen LogP contribution in [0.5, 0.6) is 0 Å². The summed E-state index contributed by atoms with van der Waals surface area (Å²) in [4.78, 5) is 0. The Balaban J connectivity index is -0.0000000720. The van der Waals surface area contributed by atoms with E-state index in [0.717, 1.165) is 0 Å². The molecule has 0 aromatic carbocycles. The maximum absolute atomic E-state index is 6.06. The molecule has 0 amide bonds. The van der Waals surface area contributed by atoms with Gasteiger partial charge >= 0.3 is 0 Å². The first-order valence-corrected chi connectivity index (χ1v) is 1.65. The molecule has 0 bridgehead atoms. The smallest absolute Gasteiger partial charge is 0.183 e. The Kier molecular flexibility index (Phi) is 17.9. The molecular formula is C2H10N6Pt. The van der Waals surface area contributed by atoms with Crippen LogP contribution >= 0.6 is 0 Å². The van der Waals surface area contributed by atoms with E-state index in [4.69, 9.17) is 10.8 Å². The molecule has 0 aromatic heterocycles. The van der Waals surface area contributed by atoms with Gasteiger partial charge in [-0.3, -0.25) is 10.8 Å². The van der Waals surface area contributed by atoms with Gasteiger partial charge in [-0.2, -0.15) is 0 Å². The largest absolute Gasteiger partial charge is 0.370 e. The quantitative estimate of drug-likeness (QED) is 0.219. The number of hydrogen-bond acceptors (Lipinski definition) is 2. The average molecular weight is 313 g/mol. The fourth-order valence-corrected chi connectivity index (χ4v) is 0. The van der Waals surface area contributed by atoms with Crippen LogP contribution in [0.15, 0.2) is 0 Å². The van der Waals surface area contributed by atoms with Crippen molar-refractivity contribution in [1.82, 2.24) is 0 Å². The number of guanidine groups is 2. The maximum atomic E-state index is 6.06. The van der Waals surface area contributed by atoms with Crippen molar-refractivity contribution in [2.45, 2.75) is 0 Å². The van der Waals surface area contributed by atoms with E-state index in [0.29, 0.717) is 0 Å². The SMILES string of the molecule is N=C(N)N.N=C(N)N.[Pt]. The van der Waals surface area contributed by atoms with Crippen molar-refractivity contribution < 1.29 is 21.1 Å². The first kappa shape index (κ1) is 15.7. The Morgan fingerprint density at radius 3 is 0.778 bits per heavy atom. The molecular weight excluding hydrogens is 303 g/mol. The summed E-state index contributed by atoms with van der Waals surface area (Å²) in [6, 6.07) is 0. The minimum atomic E-state index is -0.333. The van der Waals surface area contributed by atoms with Crippen molar-refractivity contribution >= 4 is 11.9 Å². The fourth-order valence-electron chi connectivity index (χ4n) is 0. The van der Waals surface area contributed by atoms with Gasteiger partial charge in [0, 0.05) is 21.1 Å². The zero-order valence-corrected chi connectivity index (χ0v) is 6.90. The zero-order valence-electron chi connectivity index (χ0n) is 4.63. The van der Waals surface area contributed by atoms with Crippen molar-refractivity contribution in [3.8, 4) is 0 Å². The summed E-state index contributed by atoms with van der Waals surface area (Å²) in [5.74, 6) is -0.667. The van der Waals surface area contributed by atoms with Gasteiger partial charge in [0.2, 0.25) is 0 Å². The average Bonchev–Trinajstić information content (AvgIpc) is 1.25. The number of nitrogens with two attached hydrogens (primary N) is 4. The van der Waals surface area contributed by atoms with Crippen molar-refractivity contribution in [3.05, 3.63) is 0 Å². The van der Waals surface area contributed by atoms with Crippen LogP contribution in [-0.4, -0.2) is 11.9 Å². The van der Waals surface area contributed by atoms with Crippen LogP contribution in [0.3, 0.4) is 0 Å².